The van der Waals surface area contributed by atoms with Gasteiger partial charge in [0.1, 0.15) is 6.33 Å². The van der Waals surface area contributed by atoms with Crippen LogP contribution in [0.15, 0.2) is 47.5 Å². The van der Waals surface area contributed by atoms with Gasteiger partial charge < -0.3 is 5.32 Å². The summed E-state index contributed by atoms with van der Waals surface area (Å²) in [5.41, 5.74) is 3.53. The lowest BCUT2D eigenvalue weighted by Gasteiger charge is -2.42. The van der Waals surface area contributed by atoms with Crippen LogP contribution in [0.2, 0.25) is 0 Å². The molecule has 2 unspecified atom stereocenters. The standard InChI is InChI=1S/C28H36N8O2/c1-27(2,3)16-35-22-12-11-20(30-24(22)34(6)26(35)38)18-13-14-28(4,5)23(15-18)31-25(37)19-9-7-8-10-21(19)36-17-29-32-33-36/h7-12,17-18,23H,13-16H2,1-6H3,(H,31,37). The molecule has 5 rings (SSSR count). The van der Waals surface area contributed by atoms with E-state index in [1.54, 1.807) is 17.7 Å². The summed E-state index contributed by atoms with van der Waals surface area (Å²) < 4.78 is 4.96. The Bertz CT molecular complexity index is 1520. The number of aryl methyl sites for hydroxylation is 1. The number of carbonyl (C=O) groups is 1. The number of imidazole rings is 1. The quantitative estimate of drug-likeness (QED) is 0.431. The topological polar surface area (TPSA) is 113 Å². The van der Waals surface area contributed by atoms with Gasteiger partial charge in [0.25, 0.3) is 5.91 Å². The number of fused-ring (bicyclic) bond motifs is 1. The van der Waals surface area contributed by atoms with E-state index in [1.165, 1.54) is 11.0 Å². The lowest BCUT2D eigenvalue weighted by Crippen LogP contribution is -2.48. The molecule has 0 radical (unpaired) electrons. The molecule has 0 spiro atoms. The second kappa shape index (κ2) is 9.49. The molecule has 4 aromatic rings. The van der Waals surface area contributed by atoms with Crippen molar-refractivity contribution in [2.75, 3.05) is 0 Å². The molecular formula is C28H36N8O2. The highest BCUT2D eigenvalue weighted by Crippen LogP contribution is 2.42. The maximum atomic E-state index is 13.5. The Morgan fingerprint density at radius 2 is 1.92 bits per heavy atom. The number of nitrogens with one attached hydrogen (secondary N) is 1. The summed E-state index contributed by atoms with van der Waals surface area (Å²) in [6.45, 7) is 11.4. The molecule has 10 heteroatoms. The maximum Gasteiger partial charge on any atom is 0.330 e. The van der Waals surface area contributed by atoms with Crippen LogP contribution < -0.4 is 11.0 Å². The lowest BCUT2D eigenvalue weighted by molar-refractivity contribution is 0.0836. The van der Waals surface area contributed by atoms with Gasteiger partial charge in [-0.15, -0.1) is 5.10 Å². The van der Waals surface area contributed by atoms with E-state index >= 15 is 0 Å². The summed E-state index contributed by atoms with van der Waals surface area (Å²) in [7, 11) is 1.79. The summed E-state index contributed by atoms with van der Waals surface area (Å²) in [6, 6.07) is 11.3. The van der Waals surface area contributed by atoms with Crippen LogP contribution in [-0.4, -0.2) is 46.3 Å². The molecule has 38 heavy (non-hydrogen) atoms. The van der Waals surface area contributed by atoms with E-state index in [9.17, 15) is 9.59 Å². The molecule has 1 fully saturated rings. The minimum absolute atomic E-state index is 0.0276. The molecule has 1 aromatic carbocycles. The van der Waals surface area contributed by atoms with E-state index in [4.69, 9.17) is 4.98 Å². The average Bonchev–Trinajstić information content (AvgIpc) is 3.48. The first-order valence-corrected chi connectivity index (χ1v) is 13.1. The molecule has 1 N–H and O–H groups in total. The Kier molecular flexibility index (Phi) is 6.44. The molecule has 3 heterocycles. The van der Waals surface area contributed by atoms with Crippen LogP contribution >= 0.6 is 0 Å². The van der Waals surface area contributed by atoms with E-state index in [0.717, 1.165) is 30.5 Å². The zero-order chi connectivity index (χ0) is 27.2. The van der Waals surface area contributed by atoms with Crippen molar-refractivity contribution in [3.63, 3.8) is 0 Å². The van der Waals surface area contributed by atoms with Crippen molar-refractivity contribution in [1.29, 1.82) is 0 Å². The third-order valence-electron chi connectivity index (χ3n) is 7.70. The molecule has 0 aliphatic heterocycles. The van der Waals surface area contributed by atoms with Crippen molar-refractivity contribution >= 4 is 17.1 Å². The molecule has 200 valence electrons. The number of aromatic nitrogens is 7. The van der Waals surface area contributed by atoms with Crippen molar-refractivity contribution in [3.05, 3.63) is 64.5 Å². The van der Waals surface area contributed by atoms with Crippen LogP contribution in [0.1, 0.15) is 75.9 Å². The number of para-hydroxylation sites is 1. The summed E-state index contributed by atoms with van der Waals surface area (Å²) in [5.74, 6) is 0.0217. The van der Waals surface area contributed by atoms with Crippen LogP contribution in [0.25, 0.3) is 16.9 Å². The molecule has 1 aliphatic carbocycles. The Hall–Kier alpha value is -3.82. The van der Waals surface area contributed by atoms with Crippen LogP contribution in [0.3, 0.4) is 0 Å². The Morgan fingerprint density at radius 1 is 1.16 bits per heavy atom. The highest BCUT2D eigenvalue weighted by atomic mass is 16.2. The molecular weight excluding hydrogens is 480 g/mol. The molecule has 0 saturated heterocycles. The van der Waals surface area contributed by atoms with E-state index in [1.807, 2.05) is 28.8 Å². The molecule has 3 aromatic heterocycles. The van der Waals surface area contributed by atoms with Crippen molar-refractivity contribution in [2.24, 2.45) is 17.9 Å². The molecule has 2 atom stereocenters. The van der Waals surface area contributed by atoms with E-state index in [2.05, 4.69) is 61.5 Å². The summed E-state index contributed by atoms with van der Waals surface area (Å²) >= 11 is 0. The second-order valence-electron chi connectivity index (χ2n) is 12.3. The van der Waals surface area contributed by atoms with E-state index in [-0.39, 0.29) is 34.4 Å². The van der Waals surface area contributed by atoms with Gasteiger partial charge in [-0.25, -0.2) is 9.78 Å². The monoisotopic (exact) mass is 516 g/mol. The normalized spacial score (nSPS) is 19.5. The van der Waals surface area contributed by atoms with Gasteiger partial charge in [0.15, 0.2) is 5.65 Å². The highest BCUT2D eigenvalue weighted by Gasteiger charge is 2.39. The number of hydrogen-bond acceptors (Lipinski definition) is 6. The van der Waals surface area contributed by atoms with Crippen LogP contribution in [0, 0.1) is 10.8 Å². The highest BCUT2D eigenvalue weighted by molar-refractivity contribution is 5.98. The maximum absolute atomic E-state index is 13.5. The fraction of sp³-hybridized carbons (Fsp3) is 0.500. The second-order valence-corrected chi connectivity index (χ2v) is 12.3. The minimum atomic E-state index is -0.153. The Balaban J connectivity index is 1.41. The zero-order valence-electron chi connectivity index (χ0n) is 23.0. The Morgan fingerprint density at radius 3 is 2.63 bits per heavy atom. The largest absolute Gasteiger partial charge is 0.349 e. The van der Waals surface area contributed by atoms with E-state index < -0.39 is 0 Å². The van der Waals surface area contributed by atoms with Crippen LogP contribution in [0.5, 0.6) is 0 Å². The molecule has 0 bridgehead atoms. The minimum Gasteiger partial charge on any atom is -0.349 e. The van der Waals surface area contributed by atoms with Gasteiger partial charge in [-0.3, -0.25) is 13.9 Å². The smallest absolute Gasteiger partial charge is 0.330 e. The molecule has 1 aliphatic rings. The predicted octanol–water partition coefficient (Wildman–Crippen LogP) is 3.85. The van der Waals surface area contributed by atoms with Gasteiger partial charge >= 0.3 is 5.69 Å². The first-order valence-electron chi connectivity index (χ1n) is 13.1. The number of nitrogens with zero attached hydrogens (tertiary/aromatic N) is 7. The number of benzene rings is 1. The van der Waals surface area contributed by atoms with Crippen molar-refractivity contribution in [2.45, 2.75) is 72.4 Å². The third-order valence-corrected chi connectivity index (χ3v) is 7.70. The first kappa shape index (κ1) is 25.8. The number of amides is 1. The summed E-state index contributed by atoms with van der Waals surface area (Å²) in [6.07, 6.45) is 4.16. The number of hydrogen-bond donors (Lipinski definition) is 1. The molecule has 1 amide bonds. The Labute approximate surface area is 222 Å². The van der Waals surface area contributed by atoms with Gasteiger partial charge in [-0.2, -0.15) is 4.68 Å². The summed E-state index contributed by atoms with van der Waals surface area (Å²) in [5, 5.41) is 14.7. The van der Waals surface area contributed by atoms with Crippen molar-refractivity contribution in [1.82, 2.24) is 39.6 Å². The number of rotatable bonds is 5. The van der Waals surface area contributed by atoms with Crippen molar-refractivity contribution < 1.29 is 4.79 Å². The first-order chi connectivity index (χ1) is 17.9. The fourth-order valence-corrected chi connectivity index (χ4v) is 5.48. The average molecular weight is 517 g/mol. The van der Waals surface area contributed by atoms with Crippen molar-refractivity contribution in [3.8, 4) is 5.69 Å². The van der Waals surface area contributed by atoms with Gasteiger partial charge in [0.2, 0.25) is 0 Å². The number of tetrazole rings is 1. The number of carbonyl (C=O) groups excluding carboxylic acids is 1. The van der Waals surface area contributed by atoms with Gasteiger partial charge in [0.05, 0.1) is 16.8 Å². The molecule has 1 saturated carbocycles. The third kappa shape index (κ3) is 4.87. The lowest BCUT2D eigenvalue weighted by atomic mass is 9.68. The van der Waals surface area contributed by atoms with Gasteiger partial charge in [-0.1, -0.05) is 46.8 Å². The van der Waals surface area contributed by atoms with Gasteiger partial charge in [-0.05, 0) is 64.8 Å². The van der Waals surface area contributed by atoms with E-state index in [0.29, 0.717) is 23.4 Å². The summed E-state index contributed by atoms with van der Waals surface area (Å²) in [4.78, 5) is 31.4. The van der Waals surface area contributed by atoms with Crippen LogP contribution in [0.4, 0.5) is 0 Å². The molecule has 10 nitrogen and oxygen atoms in total. The zero-order valence-corrected chi connectivity index (χ0v) is 23.0. The fourth-order valence-electron chi connectivity index (χ4n) is 5.48. The predicted molar refractivity (Wildman–Crippen MR) is 145 cm³/mol. The van der Waals surface area contributed by atoms with Crippen LogP contribution in [-0.2, 0) is 13.6 Å². The SMILES string of the molecule is Cn1c(=O)n(CC(C)(C)C)c2ccc(C3CCC(C)(C)C(NC(=O)c4ccccc4-n4cnnn4)C3)nc21. The van der Waals surface area contributed by atoms with Gasteiger partial charge in [0, 0.05) is 31.2 Å². The number of pyridine rings is 1.